The number of anilines is 1. The minimum Gasteiger partial charge on any atom is -0.497 e. The summed E-state index contributed by atoms with van der Waals surface area (Å²) in [5.41, 5.74) is 3.17. The zero-order chi connectivity index (χ0) is 21.3. The van der Waals surface area contributed by atoms with Gasteiger partial charge < -0.3 is 25.0 Å². The first-order valence-electron chi connectivity index (χ1n) is 10.2. The standard InChI is InChI=1S/C23H30N4O3.HI/c1-24-23(25-13-12-18-15-20(29-2)10-11-21(18)30-3)26-16-17-6-8-19(9-7-17)27-14-4-5-22(27)28;/h6-11,15H,4-5,12-14,16H2,1-3H3,(H2,24,25,26);1H. The summed E-state index contributed by atoms with van der Waals surface area (Å²) in [4.78, 5) is 18.0. The number of amides is 1. The number of nitrogens with zero attached hydrogens (tertiary/aromatic N) is 2. The van der Waals surface area contributed by atoms with Gasteiger partial charge in [0.05, 0.1) is 14.2 Å². The molecule has 1 heterocycles. The van der Waals surface area contributed by atoms with Crippen molar-refractivity contribution in [2.24, 2.45) is 4.99 Å². The van der Waals surface area contributed by atoms with Crippen molar-refractivity contribution in [3.63, 3.8) is 0 Å². The van der Waals surface area contributed by atoms with Gasteiger partial charge in [0.15, 0.2) is 5.96 Å². The van der Waals surface area contributed by atoms with E-state index in [1.54, 1.807) is 21.3 Å². The van der Waals surface area contributed by atoms with Gasteiger partial charge in [-0.2, -0.15) is 0 Å². The summed E-state index contributed by atoms with van der Waals surface area (Å²) in [6.45, 7) is 2.17. The van der Waals surface area contributed by atoms with Crippen molar-refractivity contribution in [2.75, 3.05) is 39.3 Å². The molecule has 0 spiro atoms. The molecule has 8 heteroatoms. The van der Waals surface area contributed by atoms with Crippen molar-refractivity contribution >= 4 is 41.5 Å². The van der Waals surface area contributed by atoms with E-state index >= 15 is 0 Å². The zero-order valence-electron chi connectivity index (χ0n) is 18.3. The number of nitrogens with one attached hydrogen (secondary N) is 2. The maximum Gasteiger partial charge on any atom is 0.227 e. The normalized spacial score (nSPS) is 13.6. The number of hydrogen-bond donors (Lipinski definition) is 2. The third-order valence-electron chi connectivity index (χ3n) is 5.18. The van der Waals surface area contributed by atoms with Gasteiger partial charge in [0.25, 0.3) is 0 Å². The molecule has 0 unspecified atom stereocenters. The van der Waals surface area contributed by atoms with E-state index < -0.39 is 0 Å². The number of carbonyl (C=O) groups is 1. The number of ether oxygens (including phenoxy) is 2. The zero-order valence-corrected chi connectivity index (χ0v) is 20.6. The molecule has 1 aliphatic rings. The lowest BCUT2D eigenvalue weighted by Crippen LogP contribution is -2.37. The molecule has 2 N–H and O–H groups in total. The van der Waals surface area contributed by atoms with Crippen molar-refractivity contribution < 1.29 is 14.3 Å². The Morgan fingerprint density at radius 3 is 2.48 bits per heavy atom. The molecule has 3 rings (SSSR count). The molecule has 0 bridgehead atoms. The largest absolute Gasteiger partial charge is 0.497 e. The number of hydrogen-bond acceptors (Lipinski definition) is 4. The third kappa shape index (κ3) is 6.75. The van der Waals surface area contributed by atoms with Crippen LogP contribution in [-0.2, 0) is 17.8 Å². The molecule has 7 nitrogen and oxygen atoms in total. The van der Waals surface area contributed by atoms with E-state index in [1.807, 2.05) is 47.4 Å². The molecule has 1 amide bonds. The Balaban J connectivity index is 0.00000341. The van der Waals surface area contributed by atoms with Gasteiger partial charge in [-0.1, -0.05) is 12.1 Å². The van der Waals surface area contributed by atoms with Gasteiger partial charge in [0, 0.05) is 38.8 Å². The fraction of sp³-hybridized carbons (Fsp3) is 0.391. The van der Waals surface area contributed by atoms with Gasteiger partial charge in [-0.3, -0.25) is 9.79 Å². The Morgan fingerprint density at radius 1 is 1.10 bits per heavy atom. The molecule has 0 atom stereocenters. The molecule has 31 heavy (non-hydrogen) atoms. The monoisotopic (exact) mass is 538 g/mol. The Bertz CT molecular complexity index is 887. The molecule has 2 aromatic rings. The van der Waals surface area contributed by atoms with E-state index in [-0.39, 0.29) is 29.9 Å². The molecule has 168 valence electrons. The summed E-state index contributed by atoms with van der Waals surface area (Å²) >= 11 is 0. The number of methoxy groups -OCH3 is 2. The van der Waals surface area contributed by atoms with Crippen molar-refractivity contribution in [2.45, 2.75) is 25.8 Å². The highest BCUT2D eigenvalue weighted by Gasteiger charge is 2.21. The molecule has 2 aromatic carbocycles. The number of halogens is 1. The SMILES string of the molecule is CN=C(NCCc1cc(OC)ccc1OC)NCc1ccc(N2CCCC2=O)cc1.I. The van der Waals surface area contributed by atoms with Crippen LogP contribution in [0.2, 0.25) is 0 Å². The Labute approximate surface area is 201 Å². The summed E-state index contributed by atoms with van der Waals surface area (Å²) in [6.07, 6.45) is 2.36. The predicted octanol–water partition coefficient (Wildman–Crippen LogP) is 3.36. The Hall–Kier alpha value is -2.49. The average Bonchev–Trinajstić information content (AvgIpc) is 3.22. The number of carbonyl (C=O) groups excluding carboxylic acids is 1. The lowest BCUT2D eigenvalue weighted by Gasteiger charge is -2.16. The number of aliphatic imine (C=N–C) groups is 1. The highest BCUT2D eigenvalue weighted by Crippen LogP contribution is 2.24. The van der Waals surface area contributed by atoms with Crippen LogP contribution < -0.4 is 25.0 Å². The second kappa shape index (κ2) is 12.4. The quantitative estimate of drug-likeness (QED) is 0.307. The summed E-state index contributed by atoms with van der Waals surface area (Å²) in [7, 11) is 5.08. The van der Waals surface area contributed by atoms with Crippen LogP contribution in [0.15, 0.2) is 47.5 Å². The van der Waals surface area contributed by atoms with Gasteiger partial charge in [0.2, 0.25) is 5.91 Å². The van der Waals surface area contributed by atoms with E-state index in [0.717, 1.165) is 53.7 Å². The van der Waals surface area contributed by atoms with Gasteiger partial charge in [-0.25, -0.2) is 0 Å². The van der Waals surface area contributed by atoms with Gasteiger partial charge in [0.1, 0.15) is 11.5 Å². The first-order valence-corrected chi connectivity index (χ1v) is 10.2. The van der Waals surface area contributed by atoms with Gasteiger partial charge >= 0.3 is 0 Å². The second-order valence-corrected chi connectivity index (χ2v) is 7.10. The fourth-order valence-corrected chi connectivity index (χ4v) is 3.51. The molecule has 0 saturated carbocycles. The lowest BCUT2D eigenvalue weighted by molar-refractivity contribution is -0.117. The first-order chi connectivity index (χ1) is 14.6. The Kier molecular flexibility index (Phi) is 9.90. The van der Waals surface area contributed by atoms with E-state index in [1.165, 1.54) is 0 Å². The molecule has 0 aliphatic carbocycles. The number of benzene rings is 2. The molecule has 1 fully saturated rings. The first kappa shape index (κ1) is 24.8. The van der Waals surface area contributed by atoms with Gasteiger partial charge in [-0.15, -0.1) is 24.0 Å². The van der Waals surface area contributed by atoms with Crippen LogP contribution in [-0.4, -0.2) is 46.2 Å². The molecular weight excluding hydrogens is 507 g/mol. The van der Waals surface area contributed by atoms with Gasteiger partial charge in [-0.05, 0) is 54.3 Å². The maximum atomic E-state index is 11.9. The number of guanidine groups is 1. The van der Waals surface area contributed by atoms with Crippen molar-refractivity contribution in [1.82, 2.24) is 10.6 Å². The van der Waals surface area contributed by atoms with E-state index in [0.29, 0.717) is 19.5 Å². The smallest absolute Gasteiger partial charge is 0.227 e. The summed E-state index contributed by atoms with van der Waals surface area (Å²) < 4.78 is 10.7. The van der Waals surface area contributed by atoms with Crippen molar-refractivity contribution in [3.8, 4) is 11.5 Å². The predicted molar refractivity (Wildman–Crippen MR) is 135 cm³/mol. The highest BCUT2D eigenvalue weighted by molar-refractivity contribution is 14.0. The van der Waals surface area contributed by atoms with E-state index in [2.05, 4.69) is 15.6 Å². The van der Waals surface area contributed by atoms with Crippen LogP contribution in [0, 0.1) is 0 Å². The molecular formula is C23H31IN4O3. The van der Waals surface area contributed by atoms with E-state index in [9.17, 15) is 4.79 Å². The minimum absolute atomic E-state index is 0. The number of rotatable bonds is 8. The highest BCUT2D eigenvalue weighted by atomic mass is 127. The summed E-state index contributed by atoms with van der Waals surface area (Å²) in [5, 5.41) is 6.65. The molecule has 0 radical (unpaired) electrons. The Morgan fingerprint density at radius 2 is 1.87 bits per heavy atom. The lowest BCUT2D eigenvalue weighted by atomic mass is 10.1. The van der Waals surface area contributed by atoms with Crippen LogP contribution in [0.1, 0.15) is 24.0 Å². The van der Waals surface area contributed by atoms with Crippen LogP contribution in [0.5, 0.6) is 11.5 Å². The minimum atomic E-state index is 0. The van der Waals surface area contributed by atoms with Crippen LogP contribution in [0.3, 0.4) is 0 Å². The van der Waals surface area contributed by atoms with Crippen LogP contribution in [0.4, 0.5) is 5.69 Å². The topological polar surface area (TPSA) is 75.2 Å². The fourth-order valence-electron chi connectivity index (χ4n) is 3.51. The van der Waals surface area contributed by atoms with E-state index in [4.69, 9.17) is 9.47 Å². The average molecular weight is 538 g/mol. The maximum absolute atomic E-state index is 11.9. The third-order valence-corrected chi connectivity index (χ3v) is 5.18. The second-order valence-electron chi connectivity index (χ2n) is 7.10. The van der Waals surface area contributed by atoms with Crippen LogP contribution in [0.25, 0.3) is 0 Å². The van der Waals surface area contributed by atoms with Crippen molar-refractivity contribution in [3.05, 3.63) is 53.6 Å². The summed E-state index contributed by atoms with van der Waals surface area (Å²) in [5.74, 6) is 2.60. The van der Waals surface area contributed by atoms with Crippen molar-refractivity contribution in [1.29, 1.82) is 0 Å². The molecule has 1 saturated heterocycles. The molecule has 0 aromatic heterocycles. The molecule has 1 aliphatic heterocycles. The van der Waals surface area contributed by atoms with Crippen LogP contribution >= 0.6 is 24.0 Å². The summed E-state index contributed by atoms with van der Waals surface area (Å²) in [6, 6.07) is 13.9.